The Labute approximate surface area is 159 Å². The van der Waals surface area contributed by atoms with E-state index in [-0.39, 0.29) is 5.92 Å². The van der Waals surface area contributed by atoms with Crippen LogP contribution in [-0.4, -0.2) is 34.8 Å². The van der Waals surface area contributed by atoms with Gasteiger partial charge in [0, 0.05) is 19.1 Å². The molecule has 3 heterocycles. The van der Waals surface area contributed by atoms with Crippen LogP contribution in [0.4, 0.5) is 0 Å². The third kappa shape index (κ3) is 4.21. The highest BCUT2D eigenvalue weighted by molar-refractivity contribution is 7.07. The van der Waals surface area contributed by atoms with E-state index < -0.39 is 0 Å². The number of carbonyl (C=O) groups is 1. The summed E-state index contributed by atoms with van der Waals surface area (Å²) in [4.78, 5) is 18.0. The van der Waals surface area contributed by atoms with Gasteiger partial charge in [-0.1, -0.05) is 12.8 Å². The average molecular weight is 373 g/mol. The SMILES string of the molecule is O=C([C@H]1CCCN(Cc2ccco2)C1)N(Cc1ccsc1)C1CCCC1. The van der Waals surface area contributed by atoms with Crippen LogP contribution in [-0.2, 0) is 17.9 Å². The van der Waals surface area contributed by atoms with Crippen molar-refractivity contribution >= 4 is 17.2 Å². The lowest BCUT2D eigenvalue weighted by molar-refractivity contribution is -0.140. The minimum atomic E-state index is 0.123. The zero-order chi connectivity index (χ0) is 17.8. The number of nitrogens with zero attached hydrogens (tertiary/aromatic N) is 2. The van der Waals surface area contributed by atoms with E-state index in [9.17, 15) is 4.79 Å². The van der Waals surface area contributed by atoms with E-state index in [1.165, 1.54) is 31.2 Å². The summed E-state index contributed by atoms with van der Waals surface area (Å²) in [6.45, 7) is 3.50. The summed E-state index contributed by atoms with van der Waals surface area (Å²) in [5.74, 6) is 1.48. The number of furan rings is 1. The van der Waals surface area contributed by atoms with Gasteiger partial charge in [0.2, 0.25) is 5.91 Å². The first-order valence-corrected chi connectivity index (χ1v) is 10.8. The molecule has 0 aromatic carbocycles. The second kappa shape index (κ2) is 8.40. The molecule has 1 saturated heterocycles. The van der Waals surface area contributed by atoms with E-state index >= 15 is 0 Å². The van der Waals surface area contributed by atoms with Crippen molar-refractivity contribution < 1.29 is 9.21 Å². The number of piperidine rings is 1. The molecule has 2 fully saturated rings. The van der Waals surface area contributed by atoms with E-state index in [1.54, 1.807) is 17.6 Å². The third-order valence-corrected chi connectivity index (χ3v) is 6.53. The van der Waals surface area contributed by atoms with Gasteiger partial charge in [0.15, 0.2) is 0 Å². The van der Waals surface area contributed by atoms with Crippen LogP contribution in [0.15, 0.2) is 39.6 Å². The number of hydrogen-bond donors (Lipinski definition) is 0. The van der Waals surface area contributed by atoms with Crippen LogP contribution in [0.2, 0.25) is 0 Å². The van der Waals surface area contributed by atoms with Crippen molar-refractivity contribution in [1.29, 1.82) is 0 Å². The van der Waals surface area contributed by atoms with Crippen molar-refractivity contribution in [3.8, 4) is 0 Å². The Morgan fingerprint density at radius 1 is 1.23 bits per heavy atom. The predicted octanol–water partition coefficient (Wildman–Crippen LogP) is 4.52. The summed E-state index contributed by atoms with van der Waals surface area (Å²) < 4.78 is 5.49. The van der Waals surface area contributed by atoms with E-state index in [0.717, 1.165) is 44.8 Å². The Bertz CT molecular complexity index is 677. The quantitative estimate of drug-likeness (QED) is 0.748. The fourth-order valence-electron chi connectivity index (χ4n) is 4.44. The number of likely N-dealkylation sites (tertiary alicyclic amines) is 1. The van der Waals surface area contributed by atoms with Crippen LogP contribution in [0, 0.1) is 5.92 Å². The summed E-state index contributed by atoms with van der Waals surface area (Å²) in [6.07, 6.45) is 8.68. The van der Waals surface area contributed by atoms with Crippen LogP contribution in [0.5, 0.6) is 0 Å². The molecule has 1 saturated carbocycles. The van der Waals surface area contributed by atoms with Crippen molar-refractivity contribution in [2.45, 2.75) is 57.7 Å². The molecule has 0 unspecified atom stereocenters. The van der Waals surface area contributed by atoms with Gasteiger partial charge in [-0.25, -0.2) is 0 Å². The molecule has 1 aliphatic heterocycles. The summed E-state index contributed by atoms with van der Waals surface area (Å²) in [6, 6.07) is 6.55. The minimum Gasteiger partial charge on any atom is -0.468 e. The van der Waals surface area contributed by atoms with Crippen LogP contribution in [0.1, 0.15) is 49.8 Å². The summed E-state index contributed by atoms with van der Waals surface area (Å²) in [5.41, 5.74) is 1.28. The predicted molar refractivity (Wildman–Crippen MR) is 104 cm³/mol. The Hall–Kier alpha value is -1.59. The molecular formula is C21H28N2O2S. The van der Waals surface area contributed by atoms with E-state index in [2.05, 4.69) is 26.6 Å². The maximum atomic E-state index is 13.4. The number of hydrogen-bond acceptors (Lipinski definition) is 4. The molecular weight excluding hydrogens is 344 g/mol. The zero-order valence-corrected chi connectivity index (χ0v) is 16.1. The normalized spacial score (nSPS) is 21.9. The fraction of sp³-hybridized carbons (Fsp3) is 0.571. The monoisotopic (exact) mass is 372 g/mol. The molecule has 0 bridgehead atoms. The molecule has 4 rings (SSSR count). The van der Waals surface area contributed by atoms with Crippen molar-refractivity contribution in [2.75, 3.05) is 13.1 Å². The minimum absolute atomic E-state index is 0.123. The van der Waals surface area contributed by atoms with E-state index in [4.69, 9.17) is 4.42 Å². The zero-order valence-electron chi connectivity index (χ0n) is 15.3. The number of amides is 1. The van der Waals surface area contributed by atoms with Crippen molar-refractivity contribution in [3.05, 3.63) is 46.5 Å². The third-order valence-electron chi connectivity index (χ3n) is 5.80. The topological polar surface area (TPSA) is 36.7 Å². The highest BCUT2D eigenvalue weighted by atomic mass is 32.1. The first-order chi connectivity index (χ1) is 12.8. The molecule has 4 nitrogen and oxygen atoms in total. The molecule has 1 atom stereocenters. The summed E-state index contributed by atoms with van der Waals surface area (Å²) >= 11 is 1.72. The van der Waals surface area contributed by atoms with Gasteiger partial charge in [-0.05, 0) is 66.8 Å². The maximum Gasteiger partial charge on any atom is 0.227 e. The first kappa shape index (κ1) is 17.8. The molecule has 26 heavy (non-hydrogen) atoms. The van der Waals surface area contributed by atoms with Crippen molar-refractivity contribution in [1.82, 2.24) is 9.80 Å². The van der Waals surface area contributed by atoms with Gasteiger partial charge < -0.3 is 9.32 Å². The molecule has 2 aromatic heterocycles. The smallest absolute Gasteiger partial charge is 0.227 e. The Kier molecular flexibility index (Phi) is 5.75. The summed E-state index contributed by atoms with van der Waals surface area (Å²) in [7, 11) is 0. The van der Waals surface area contributed by atoms with Crippen molar-refractivity contribution in [2.24, 2.45) is 5.92 Å². The van der Waals surface area contributed by atoms with E-state index in [1.807, 2.05) is 12.1 Å². The van der Waals surface area contributed by atoms with Gasteiger partial charge in [0.25, 0.3) is 0 Å². The standard InChI is InChI=1S/C21H28N2O2S/c24-21(18-5-3-10-22(14-18)15-20-8-4-11-25-20)23(19-6-1-2-7-19)13-17-9-12-26-16-17/h4,8-9,11-12,16,18-19H,1-3,5-7,10,13-15H2/t18-/m0/s1. The first-order valence-electron chi connectivity index (χ1n) is 9.86. The molecule has 1 amide bonds. The molecule has 1 aliphatic carbocycles. The number of rotatable bonds is 6. The highest BCUT2D eigenvalue weighted by Gasteiger charge is 2.34. The lowest BCUT2D eigenvalue weighted by Gasteiger charge is -2.37. The largest absolute Gasteiger partial charge is 0.468 e. The van der Waals surface area contributed by atoms with Gasteiger partial charge in [0.05, 0.1) is 18.7 Å². The fourth-order valence-corrected chi connectivity index (χ4v) is 5.10. The lowest BCUT2D eigenvalue weighted by atomic mass is 9.95. The van der Waals surface area contributed by atoms with Crippen LogP contribution < -0.4 is 0 Å². The second-order valence-electron chi connectivity index (χ2n) is 7.69. The highest BCUT2D eigenvalue weighted by Crippen LogP contribution is 2.29. The van der Waals surface area contributed by atoms with Crippen molar-refractivity contribution in [3.63, 3.8) is 0 Å². The molecule has 0 N–H and O–H groups in total. The molecule has 2 aromatic rings. The summed E-state index contributed by atoms with van der Waals surface area (Å²) in [5, 5.41) is 4.29. The molecule has 0 spiro atoms. The molecule has 5 heteroatoms. The van der Waals surface area contributed by atoms with Gasteiger partial charge in [-0.2, -0.15) is 11.3 Å². The Morgan fingerprint density at radius 3 is 2.85 bits per heavy atom. The average Bonchev–Trinajstić information content (AvgIpc) is 3.42. The molecule has 140 valence electrons. The molecule has 2 aliphatic rings. The van der Waals surface area contributed by atoms with Gasteiger partial charge in [0.1, 0.15) is 5.76 Å². The lowest BCUT2D eigenvalue weighted by Crippen LogP contribution is -2.47. The number of carbonyl (C=O) groups excluding carboxylic acids is 1. The Morgan fingerprint density at radius 2 is 2.12 bits per heavy atom. The Balaban J connectivity index is 1.43. The van der Waals surface area contributed by atoms with Crippen LogP contribution >= 0.6 is 11.3 Å². The van der Waals surface area contributed by atoms with Gasteiger partial charge in [-0.3, -0.25) is 9.69 Å². The molecule has 0 radical (unpaired) electrons. The number of thiophene rings is 1. The van der Waals surface area contributed by atoms with E-state index in [0.29, 0.717) is 11.9 Å². The van der Waals surface area contributed by atoms with Crippen LogP contribution in [0.25, 0.3) is 0 Å². The van der Waals surface area contributed by atoms with Gasteiger partial charge >= 0.3 is 0 Å². The second-order valence-corrected chi connectivity index (χ2v) is 8.47. The maximum absolute atomic E-state index is 13.4. The van der Waals surface area contributed by atoms with Gasteiger partial charge in [-0.15, -0.1) is 0 Å². The van der Waals surface area contributed by atoms with Crippen LogP contribution in [0.3, 0.4) is 0 Å².